The molecule has 0 aliphatic carbocycles. The van der Waals surface area contributed by atoms with Crippen LogP contribution in [0.25, 0.3) is 16.9 Å². The van der Waals surface area contributed by atoms with Crippen molar-refractivity contribution in [1.29, 1.82) is 0 Å². The van der Waals surface area contributed by atoms with Crippen LogP contribution in [0.2, 0.25) is 0 Å². The van der Waals surface area contributed by atoms with Crippen LogP contribution in [0.5, 0.6) is 5.75 Å². The highest BCUT2D eigenvalue weighted by atomic mass is 19.1. The van der Waals surface area contributed by atoms with Gasteiger partial charge >= 0.3 is 6.09 Å². The van der Waals surface area contributed by atoms with E-state index in [9.17, 15) is 14.0 Å². The summed E-state index contributed by atoms with van der Waals surface area (Å²) in [7, 11) is 5.79. The van der Waals surface area contributed by atoms with Crippen LogP contribution in [0.15, 0.2) is 55.0 Å². The summed E-state index contributed by atoms with van der Waals surface area (Å²) in [5.74, 6) is -0.474. The number of carbonyl (C=O) groups is 2. The average Bonchev–Trinajstić information content (AvgIpc) is 3.33. The second kappa shape index (κ2) is 10.4. The lowest BCUT2D eigenvalue weighted by Gasteiger charge is -2.19. The zero-order chi connectivity index (χ0) is 25.8. The molecule has 0 aliphatic heterocycles. The van der Waals surface area contributed by atoms with Crippen LogP contribution in [-0.4, -0.2) is 54.7 Å². The number of anilines is 2. The third-order valence-corrected chi connectivity index (χ3v) is 5.53. The summed E-state index contributed by atoms with van der Waals surface area (Å²) in [5.41, 5.74) is 3.55. The standard InChI is InChI=1S/C25H24FN5O5/c1-30(18-6-7-19(26)21(10-18)35-3)24(32)16-9-17(14-34-2)23-28-12-20(31(23)13-16)15-5-8-22(27-11-15)29-25(33)36-4/h5-13H,14H2,1-4H3,(H,27,29,33). The number of amides is 2. The molecular formula is C25H24FN5O5. The zero-order valence-electron chi connectivity index (χ0n) is 20.1. The van der Waals surface area contributed by atoms with Crippen LogP contribution < -0.4 is 15.0 Å². The van der Waals surface area contributed by atoms with E-state index in [1.54, 1.807) is 55.3 Å². The SMILES string of the molecule is COCc1cc(C(=O)N(C)c2ccc(F)c(OC)c2)cn2c(-c3ccc(NC(=O)OC)nc3)cnc12. The molecule has 3 aromatic heterocycles. The minimum atomic E-state index is -0.625. The molecule has 3 heterocycles. The maximum atomic E-state index is 13.9. The summed E-state index contributed by atoms with van der Waals surface area (Å²) in [6.07, 6.45) is 4.30. The molecule has 1 aromatic carbocycles. The normalized spacial score (nSPS) is 10.8. The minimum Gasteiger partial charge on any atom is -0.494 e. The highest BCUT2D eigenvalue weighted by Crippen LogP contribution is 2.27. The molecule has 186 valence electrons. The number of aromatic nitrogens is 3. The molecule has 0 aliphatic rings. The van der Waals surface area contributed by atoms with Gasteiger partial charge < -0.3 is 19.1 Å². The third kappa shape index (κ3) is 4.82. The van der Waals surface area contributed by atoms with Gasteiger partial charge in [-0.25, -0.2) is 19.2 Å². The Kier molecular flexibility index (Phi) is 7.11. The number of imidazole rings is 1. The van der Waals surface area contributed by atoms with E-state index in [1.807, 2.05) is 0 Å². The molecule has 0 spiro atoms. The zero-order valence-corrected chi connectivity index (χ0v) is 20.1. The Hall–Kier alpha value is -4.51. The van der Waals surface area contributed by atoms with Gasteiger partial charge in [-0.1, -0.05) is 0 Å². The maximum Gasteiger partial charge on any atom is 0.412 e. The number of nitrogens with zero attached hydrogens (tertiary/aromatic N) is 4. The van der Waals surface area contributed by atoms with Crippen molar-refractivity contribution in [3.63, 3.8) is 0 Å². The van der Waals surface area contributed by atoms with Crippen LogP contribution in [-0.2, 0) is 16.1 Å². The van der Waals surface area contributed by atoms with Gasteiger partial charge in [0.15, 0.2) is 11.6 Å². The van der Waals surface area contributed by atoms with Gasteiger partial charge in [0, 0.05) is 49.4 Å². The number of methoxy groups -OCH3 is 3. The van der Waals surface area contributed by atoms with Gasteiger partial charge in [0.2, 0.25) is 0 Å². The molecule has 0 bridgehead atoms. The first kappa shape index (κ1) is 24.6. The topological polar surface area (TPSA) is 107 Å². The van der Waals surface area contributed by atoms with Gasteiger partial charge in [-0.3, -0.25) is 14.5 Å². The number of carbonyl (C=O) groups excluding carboxylic acids is 2. The molecule has 0 saturated heterocycles. The highest BCUT2D eigenvalue weighted by Gasteiger charge is 2.20. The lowest BCUT2D eigenvalue weighted by atomic mass is 10.1. The van der Waals surface area contributed by atoms with Gasteiger partial charge in [0.25, 0.3) is 5.91 Å². The molecule has 0 atom stereocenters. The van der Waals surface area contributed by atoms with E-state index in [4.69, 9.17) is 9.47 Å². The summed E-state index contributed by atoms with van der Waals surface area (Å²) >= 11 is 0. The Bertz CT molecular complexity index is 1420. The summed E-state index contributed by atoms with van der Waals surface area (Å²) < 4.78 is 30.6. The number of hydrogen-bond donors (Lipinski definition) is 1. The largest absolute Gasteiger partial charge is 0.494 e. The summed E-state index contributed by atoms with van der Waals surface area (Å²) in [6.45, 7) is 0.232. The first-order valence-electron chi connectivity index (χ1n) is 10.8. The molecule has 4 aromatic rings. The van der Waals surface area contributed by atoms with Crippen molar-refractivity contribution in [1.82, 2.24) is 14.4 Å². The fraction of sp³-hybridized carbons (Fsp3) is 0.200. The Morgan fingerprint density at radius 1 is 1.08 bits per heavy atom. The van der Waals surface area contributed by atoms with Gasteiger partial charge in [0.05, 0.1) is 38.3 Å². The smallest absolute Gasteiger partial charge is 0.412 e. The lowest BCUT2D eigenvalue weighted by molar-refractivity contribution is 0.0992. The van der Waals surface area contributed by atoms with Crippen LogP contribution in [0.4, 0.5) is 20.7 Å². The first-order valence-corrected chi connectivity index (χ1v) is 10.8. The molecule has 36 heavy (non-hydrogen) atoms. The van der Waals surface area contributed by atoms with Gasteiger partial charge in [-0.2, -0.15) is 0 Å². The van der Waals surface area contributed by atoms with Crippen molar-refractivity contribution in [3.8, 4) is 17.0 Å². The van der Waals surface area contributed by atoms with E-state index in [2.05, 4.69) is 20.0 Å². The van der Waals surface area contributed by atoms with Crippen molar-refractivity contribution in [2.24, 2.45) is 0 Å². The Morgan fingerprint density at radius 2 is 1.89 bits per heavy atom. The fourth-order valence-electron chi connectivity index (χ4n) is 3.69. The van der Waals surface area contributed by atoms with Crippen LogP contribution in [0.1, 0.15) is 15.9 Å². The summed E-state index contributed by atoms with van der Waals surface area (Å²) in [5, 5.41) is 2.50. The monoisotopic (exact) mass is 493 g/mol. The molecular weight excluding hydrogens is 469 g/mol. The van der Waals surface area contributed by atoms with Crippen molar-refractivity contribution in [2.75, 3.05) is 38.6 Å². The molecule has 0 unspecified atom stereocenters. The fourth-order valence-corrected chi connectivity index (χ4v) is 3.69. The summed E-state index contributed by atoms with van der Waals surface area (Å²) in [4.78, 5) is 35.0. The second-order valence-electron chi connectivity index (χ2n) is 7.76. The van der Waals surface area contributed by atoms with E-state index in [0.717, 1.165) is 0 Å². The van der Waals surface area contributed by atoms with Crippen LogP contribution >= 0.6 is 0 Å². The molecule has 0 radical (unpaired) electrons. The number of nitrogens with one attached hydrogen (secondary N) is 1. The lowest BCUT2D eigenvalue weighted by Crippen LogP contribution is -2.26. The number of pyridine rings is 2. The maximum absolute atomic E-state index is 13.9. The van der Waals surface area contributed by atoms with Crippen molar-refractivity contribution in [3.05, 3.63) is 71.9 Å². The number of rotatable bonds is 7. The van der Waals surface area contributed by atoms with Crippen molar-refractivity contribution in [2.45, 2.75) is 6.61 Å². The molecule has 2 amide bonds. The van der Waals surface area contributed by atoms with Crippen molar-refractivity contribution < 1.29 is 28.2 Å². The van der Waals surface area contributed by atoms with E-state index in [1.165, 1.54) is 37.3 Å². The van der Waals surface area contributed by atoms with Gasteiger partial charge in [-0.15, -0.1) is 0 Å². The number of ether oxygens (including phenoxy) is 3. The number of halogens is 1. The predicted octanol–water partition coefficient (Wildman–Crippen LogP) is 4.15. The van der Waals surface area contributed by atoms with E-state index >= 15 is 0 Å². The second-order valence-corrected chi connectivity index (χ2v) is 7.76. The average molecular weight is 493 g/mol. The Morgan fingerprint density at radius 3 is 2.56 bits per heavy atom. The van der Waals surface area contributed by atoms with E-state index < -0.39 is 11.9 Å². The predicted molar refractivity (Wildman–Crippen MR) is 131 cm³/mol. The molecule has 0 saturated carbocycles. The molecule has 11 heteroatoms. The third-order valence-electron chi connectivity index (χ3n) is 5.53. The van der Waals surface area contributed by atoms with Gasteiger partial charge in [0.1, 0.15) is 11.5 Å². The molecule has 1 N–H and O–H groups in total. The van der Waals surface area contributed by atoms with E-state index in [-0.39, 0.29) is 18.3 Å². The quantitative estimate of drug-likeness (QED) is 0.412. The Balaban J connectivity index is 1.74. The molecule has 10 nitrogen and oxygen atoms in total. The van der Waals surface area contributed by atoms with Crippen LogP contribution in [0, 0.1) is 5.82 Å². The number of benzene rings is 1. The van der Waals surface area contributed by atoms with Crippen LogP contribution in [0.3, 0.4) is 0 Å². The number of hydrogen-bond acceptors (Lipinski definition) is 7. The van der Waals surface area contributed by atoms with Crippen molar-refractivity contribution >= 4 is 29.2 Å². The minimum absolute atomic E-state index is 0.0391. The van der Waals surface area contributed by atoms with Gasteiger partial charge in [-0.05, 0) is 30.3 Å². The molecule has 4 rings (SSSR count). The highest BCUT2D eigenvalue weighted by molar-refractivity contribution is 6.06. The molecule has 0 fully saturated rings. The summed E-state index contributed by atoms with van der Waals surface area (Å²) in [6, 6.07) is 9.33. The first-order chi connectivity index (χ1) is 17.4. The number of fused-ring (bicyclic) bond motifs is 1. The van der Waals surface area contributed by atoms with E-state index in [0.29, 0.717) is 39.5 Å². The Labute approximate surface area is 206 Å².